The van der Waals surface area contributed by atoms with Gasteiger partial charge in [-0.15, -0.1) is 0 Å². The van der Waals surface area contributed by atoms with Crippen LogP contribution in [0.5, 0.6) is 0 Å². The van der Waals surface area contributed by atoms with Crippen molar-refractivity contribution in [1.29, 1.82) is 0 Å². The molecule has 2 aromatic rings. The standard InChI is InChI=1S/C14H18ClN3O2S/c1-4-18-11(3)14(10(2)17-18)21(19,20)16-9-12-5-7-13(15)8-6-12/h5-8,16H,4,9H2,1-3H3. The first-order valence-electron chi connectivity index (χ1n) is 6.63. The minimum Gasteiger partial charge on any atom is -0.268 e. The van der Waals surface area contributed by atoms with E-state index in [4.69, 9.17) is 11.6 Å². The molecule has 0 aliphatic rings. The van der Waals surface area contributed by atoms with Crippen molar-refractivity contribution >= 4 is 21.6 Å². The Balaban J connectivity index is 2.23. The van der Waals surface area contributed by atoms with Crippen molar-refractivity contribution in [1.82, 2.24) is 14.5 Å². The van der Waals surface area contributed by atoms with E-state index in [1.54, 1.807) is 42.8 Å². The molecular weight excluding hydrogens is 310 g/mol. The molecule has 0 unspecified atom stereocenters. The molecule has 2 rings (SSSR count). The van der Waals surface area contributed by atoms with Crippen LogP contribution in [0.15, 0.2) is 29.2 Å². The number of halogens is 1. The van der Waals surface area contributed by atoms with E-state index < -0.39 is 10.0 Å². The van der Waals surface area contributed by atoms with Crippen molar-refractivity contribution in [3.05, 3.63) is 46.2 Å². The van der Waals surface area contributed by atoms with E-state index in [1.165, 1.54) is 0 Å². The van der Waals surface area contributed by atoms with Gasteiger partial charge in [-0.3, -0.25) is 4.68 Å². The summed E-state index contributed by atoms with van der Waals surface area (Å²) in [5.41, 5.74) is 2.01. The summed E-state index contributed by atoms with van der Waals surface area (Å²) in [6.45, 7) is 6.25. The first-order valence-corrected chi connectivity index (χ1v) is 8.49. The summed E-state index contributed by atoms with van der Waals surface area (Å²) in [5.74, 6) is 0. The van der Waals surface area contributed by atoms with E-state index in [0.717, 1.165) is 5.56 Å². The third-order valence-electron chi connectivity index (χ3n) is 3.26. The topological polar surface area (TPSA) is 64.0 Å². The Kier molecular flexibility index (Phi) is 4.70. The molecule has 0 aliphatic heterocycles. The third kappa shape index (κ3) is 3.45. The molecule has 0 radical (unpaired) electrons. The highest BCUT2D eigenvalue weighted by molar-refractivity contribution is 7.89. The lowest BCUT2D eigenvalue weighted by molar-refractivity contribution is 0.579. The molecule has 0 saturated carbocycles. The fourth-order valence-electron chi connectivity index (χ4n) is 2.23. The second kappa shape index (κ2) is 6.17. The maximum absolute atomic E-state index is 12.5. The van der Waals surface area contributed by atoms with Gasteiger partial charge in [0.15, 0.2) is 0 Å². The number of hydrogen-bond donors (Lipinski definition) is 1. The molecule has 0 spiro atoms. The van der Waals surface area contributed by atoms with Gasteiger partial charge >= 0.3 is 0 Å². The summed E-state index contributed by atoms with van der Waals surface area (Å²) >= 11 is 5.81. The summed E-state index contributed by atoms with van der Waals surface area (Å²) in [4.78, 5) is 0.262. The molecule has 1 aromatic heterocycles. The van der Waals surface area contributed by atoms with Crippen LogP contribution >= 0.6 is 11.6 Å². The summed E-state index contributed by atoms with van der Waals surface area (Å²) in [7, 11) is -3.59. The van der Waals surface area contributed by atoms with Crippen LogP contribution in [0, 0.1) is 13.8 Å². The van der Waals surface area contributed by atoms with Crippen LogP contribution in [0.2, 0.25) is 5.02 Å². The lowest BCUT2D eigenvalue weighted by Gasteiger charge is -2.08. The predicted octanol–water partition coefficient (Wildman–Crippen LogP) is 2.65. The average molecular weight is 328 g/mol. The van der Waals surface area contributed by atoms with Crippen LogP contribution in [0.4, 0.5) is 0 Å². The zero-order chi connectivity index (χ0) is 15.6. The van der Waals surface area contributed by atoms with Crippen molar-refractivity contribution in [2.24, 2.45) is 0 Å². The van der Waals surface area contributed by atoms with Crippen molar-refractivity contribution in [3.8, 4) is 0 Å². The molecule has 21 heavy (non-hydrogen) atoms. The van der Waals surface area contributed by atoms with Crippen LogP contribution in [-0.2, 0) is 23.1 Å². The lowest BCUT2D eigenvalue weighted by Crippen LogP contribution is -2.24. The molecule has 0 atom stereocenters. The Morgan fingerprint density at radius 2 is 1.86 bits per heavy atom. The molecule has 0 saturated heterocycles. The summed E-state index contributed by atoms with van der Waals surface area (Å²) in [6, 6.07) is 7.05. The Morgan fingerprint density at radius 1 is 1.24 bits per heavy atom. The normalized spacial score (nSPS) is 11.8. The van der Waals surface area contributed by atoms with Gasteiger partial charge in [0, 0.05) is 18.1 Å². The van der Waals surface area contributed by atoms with Crippen LogP contribution in [0.25, 0.3) is 0 Å². The van der Waals surface area contributed by atoms with Gasteiger partial charge in [-0.2, -0.15) is 5.10 Å². The van der Waals surface area contributed by atoms with Crippen molar-refractivity contribution in [2.45, 2.75) is 38.8 Å². The Morgan fingerprint density at radius 3 is 2.38 bits per heavy atom. The molecule has 0 aliphatic carbocycles. The lowest BCUT2D eigenvalue weighted by atomic mass is 10.2. The van der Waals surface area contributed by atoms with Gasteiger partial charge in [0.2, 0.25) is 10.0 Å². The van der Waals surface area contributed by atoms with Gasteiger partial charge in [-0.1, -0.05) is 23.7 Å². The molecule has 1 N–H and O–H groups in total. The second-order valence-corrected chi connectivity index (χ2v) is 6.91. The van der Waals surface area contributed by atoms with E-state index >= 15 is 0 Å². The number of aromatic nitrogens is 2. The van der Waals surface area contributed by atoms with Crippen molar-refractivity contribution < 1.29 is 8.42 Å². The fraction of sp³-hybridized carbons (Fsp3) is 0.357. The zero-order valence-corrected chi connectivity index (χ0v) is 13.8. The third-order valence-corrected chi connectivity index (χ3v) is 5.17. The quantitative estimate of drug-likeness (QED) is 0.918. The molecule has 7 heteroatoms. The summed E-state index contributed by atoms with van der Waals surface area (Å²) in [5, 5.41) is 4.86. The first kappa shape index (κ1) is 16.0. The highest BCUT2D eigenvalue weighted by Crippen LogP contribution is 2.19. The Labute approximate surface area is 130 Å². The van der Waals surface area contributed by atoms with Crippen LogP contribution in [0.1, 0.15) is 23.9 Å². The maximum Gasteiger partial charge on any atom is 0.244 e. The summed E-state index contributed by atoms with van der Waals surface area (Å²) < 4.78 is 29.2. The highest BCUT2D eigenvalue weighted by Gasteiger charge is 2.23. The Hall–Kier alpha value is -1.37. The number of sulfonamides is 1. The number of benzene rings is 1. The predicted molar refractivity (Wildman–Crippen MR) is 82.9 cm³/mol. The van der Waals surface area contributed by atoms with Crippen molar-refractivity contribution in [2.75, 3.05) is 0 Å². The van der Waals surface area contributed by atoms with Gasteiger partial charge < -0.3 is 0 Å². The van der Waals surface area contributed by atoms with Gasteiger partial charge in [0.1, 0.15) is 4.90 Å². The Bertz CT molecular complexity index is 736. The number of rotatable bonds is 5. The number of nitrogens with one attached hydrogen (secondary N) is 1. The highest BCUT2D eigenvalue weighted by atomic mass is 35.5. The van der Waals surface area contributed by atoms with Gasteiger partial charge in [-0.05, 0) is 38.5 Å². The van der Waals surface area contributed by atoms with Crippen LogP contribution in [0.3, 0.4) is 0 Å². The molecule has 5 nitrogen and oxygen atoms in total. The van der Waals surface area contributed by atoms with Gasteiger partial charge in [0.05, 0.1) is 11.4 Å². The largest absolute Gasteiger partial charge is 0.268 e. The van der Waals surface area contributed by atoms with Crippen molar-refractivity contribution in [3.63, 3.8) is 0 Å². The van der Waals surface area contributed by atoms with E-state index in [2.05, 4.69) is 9.82 Å². The minimum atomic E-state index is -3.59. The van der Waals surface area contributed by atoms with Crippen LogP contribution < -0.4 is 4.72 Å². The van der Waals surface area contributed by atoms with Gasteiger partial charge in [0.25, 0.3) is 0 Å². The van der Waals surface area contributed by atoms with E-state index in [9.17, 15) is 8.42 Å². The number of aryl methyl sites for hydroxylation is 2. The molecule has 0 bridgehead atoms. The SMILES string of the molecule is CCn1nc(C)c(S(=O)(=O)NCc2ccc(Cl)cc2)c1C. The fourth-order valence-corrected chi connectivity index (χ4v) is 3.78. The molecular formula is C14H18ClN3O2S. The zero-order valence-electron chi connectivity index (χ0n) is 12.2. The molecule has 1 heterocycles. The monoisotopic (exact) mass is 327 g/mol. The molecule has 114 valence electrons. The van der Waals surface area contributed by atoms with Gasteiger partial charge in [-0.25, -0.2) is 13.1 Å². The average Bonchev–Trinajstić information content (AvgIpc) is 2.73. The smallest absolute Gasteiger partial charge is 0.244 e. The minimum absolute atomic E-state index is 0.218. The maximum atomic E-state index is 12.5. The molecule has 1 aromatic carbocycles. The number of hydrogen-bond acceptors (Lipinski definition) is 3. The first-order chi connectivity index (χ1) is 9.85. The summed E-state index contributed by atoms with van der Waals surface area (Å²) in [6.07, 6.45) is 0. The molecule has 0 amide bonds. The second-order valence-electron chi connectivity index (χ2n) is 4.77. The van der Waals surface area contributed by atoms with E-state index in [-0.39, 0.29) is 11.4 Å². The van der Waals surface area contributed by atoms with E-state index in [0.29, 0.717) is 23.0 Å². The van der Waals surface area contributed by atoms with Crippen LogP contribution in [-0.4, -0.2) is 18.2 Å². The number of nitrogens with zero attached hydrogens (tertiary/aromatic N) is 2. The van der Waals surface area contributed by atoms with E-state index in [1.807, 2.05) is 6.92 Å². The molecule has 0 fully saturated rings.